The first kappa shape index (κ1) is 13.4. The molecule has 4 nitrogen and oxygen atoms in total. The standard InChI is InChI=1S/C11H14F2N2O2/c1-6(2-3-16)15-11(17)7-4-10(14)9(13)5-8(7)12/h4-6,16H,2-3,14H2,1H3,(H,15,17). The molecule has 0 saturated heterocycles. The van der Waals surface area contributed by atoms with Crippen LogP contribution in [0.3, 0.4) is 0 Å². The van der Waals surface area contributed by atoms with Crippen LogP contribution in [0.15, 0.2) is 12.1 Å². The van der Waals surface area contributed by atoms with Crippen LogP contribution in [-0.4, -0.2) is 23.7 Å². The molecule has 0 fully saturated rings. The highest BCUT2D eigenvalue weighted by Crippen LogP contribution is 2.16. The number of rotatable bonds is 4. The van der Waals surface area contributed by atoms with Gasteiger partial charge in [0.05, 0.1) is 11.3 Å². The van der Waals surface area contributed by atoms with Crippen LogP contribution in [0.25, 0.3) is 0 Å². The van der Waals surface area contributed by atoms with Gasteiger partial charge in [0.2, 0.25) is 0 Å². The quantitative estimate of drug-likeness (QED) is 0.693. The minimum Gasteiger partial charge on any atom is -0.396 e. The summed E-state index contributed by atoms with van der Waals surface area (Å²) in [6.45, 7) is 1.58. The lowest BCUT2D eigenvalue weighted by Crippen LogP contribution is -2.33. The summed E-state index contributed by atoms with van der Waals surface area (Å²) in [5, 5.41) is 11.1. The SMILES string of the molecule is CC(CCO)NC(=O)c1cc(N)c(F)cc1F. The van der Waals surface area contributed by atoms with E-state index in [-0.39, 0.29) is 23.9 Å². The van der Waals surface area contributed by atoms with Crippen molar-refractivity contribution < 1.29 is 18.7 Å². The molecule has 0 bridgehead atoms. The molecule has 1 aromatic carbocycles. The lowest BCUT2D eigenvalue weighted by Gasteiger charge is -2.13. The molecule has 0 aliphatic heterocycles. The van der Waals surface area contributed by atoms with Crippen molar-refractivity contribution in [1.29, 1.82) is 0 Å². The summed E-state index contributed by atoms with van der Waals surface area (Å²) in [4.78, 5) is 11.6. The zero-order chi connectivity index (χ0) is 13.0. The van der Waals surface area contributed by atoms with E-state index in [1.54, 1.807) is 6.92 Å². The number of nitrogens with two attached hydrogens (primary N) is 1. The van der Waals surface area contributed by atoms with Crippen LogP contribution in [-0.2, 0) is 0 Å². The molecule has 0 aliphatic carbocycles. The number of halogens is 2. The van der Waals surface area contributed by atoms with Gasteiger partial charge in [-0.05, 0) is 19.4 Å². The molecule has 0 radical (unpaired) electrons. The van der Waals surface area contributed by atoms with Crippen LogP contribution in [0.4, 0.5) is 14.5 Å². The van der Waals surface area contributed by atoms with E-state index in [9.17, 15) is 13.6 Å². The normalized spacial score (nSPS) is 12.2. The monoisotopic (exact) mass is 244 g/mol. The van der Waals surface area contributed by atoms with Crippen molar-refractivity contribution in [3.8, 4) is 0 Å². The summed E-state index contributed by atoms with van der Waals surface area (Å²) in [5.74, 6) is -2.55. The van der Waals surface area contributed by atoms with Gasteiger partial charge in [-0.3, -0.25) is 4.79 Å². The maximum Gasteiger partial charge on any atom is 0.254 e. The van der Waals surface area contributed by atoms with Crippen molar-refractivity contribution in [3.05, 3.63) is 29.3 Å². The Labute approximate surface area is 97.4 Å². The Kier molecular flexibility index (Phi) is 4.39. The second-order valence-corrected chi connectivity index (χ2v) is 3.74. The fourth-order valence-electron chi connectivity index (χ4n) is 1.31. The summed E-state index contributed by atoms with van der Waals surface area (Å²) in [6.07, 6.45) is 0.351. The zero-order valence-electron chi connectivity index (χ0n) is 9.34. The number of carbonyl (C=O) groups is 1. The number of amides is 1. The summed E-state index contributed by atoms with van der Waals surface area (Å²) in [5.41, 5.74) is 4.66. The molecule has 1 aromatic rings. The van der Waals surface area contributed by atoms with Crippen molar-refractivity contribution in [2.24, 2.45) is 0 Å². The molecule has 94 valence electrons. The molecule has 1 atom stereocenters. The van der Waals surface area contributed by atoms with E-state index in [4.69, 9.17) is 10.8 Å². The third-order valence-electron chi connectivity index (χ3n) is 2.27. The van der Waals surface area contributed by atoms with Crippen molar-refractivity contribution in [2.75, 3.05) is 12.3 Å². The maximum absolute atomic E-state index is 13.3. The molecule has 4 N–H and O–H groups in total. The van der Waals surface area contributed by atoms with Crippen LogP contribution < -0.4 is 11.1 Å². The fraction of sp³-hybridized carbons (Fsp3) is 0.364. The Bertz CT molecular complexity index is 424. The maximum atomic E-state index is 13.3. The third-order valence-corrected chi connectivity index (χ3v) is 2.27. The topological polar surface area (TPSA) is 75.3 Å². The van der Waals surface area contributed by atoms with Gasteiger partial charge in [-0.25, -0.2) is 8.78 Å². The van der Waals surface area contributed by atoms with Crippen LogP contribution in [0.2, 0.25) is 0 Å². The zero-order valence-corrected chi connectivity index (χ0v) is 9.34. The highest BCUT2D eigenvalue weighted by molar-refractivity contribution is 5.95. The van der Waals surface area contributed by atoms with Gasteiger partial charge in [-0.2, -0.15) is 0 Å². The molecule has 0 aliphatic rings. The second kappa shape index (κ2) is 5.58. The van der Waals surface area contributed by atoms with Gasteiger partial charge in [0.15, 0.2) is 0 Å². The first-order chi connectivity index (χ1) is 7.95. The van der Waals surface area contributed by atoms with Crippen molar-refractivity contribution >= 4 is 11.6 Å². The molecular weight excluding hydrogens is 230 g/mol. The van der Waals surface area contributed by atoms with Gasteiger partial charge in [0.25, 0.3) is 5.91 Å². The van der Waals surface area contributed by atoms with Crippen LogP contribution in [0.1, 0.15) is 23.7 Å². The van der Waals surface area contributed by atoms with Gasteiger partial charge < -0.3 is 16.2 Å². The number of hydrogen-bond donors (Lipinski definition) is 3. The molecule has 0 heterocycles. The first-order valence-corrected chi connectivity index (χ1v) is 5.12. The predicted molar refractivity (Wildman–Crippen MR) is 59.4 cm³/mol. The molecule has 0 spiro atoms. The summed E-state index contributed by atoms with van der Waals surface area (Å²) in [7, 11) is 0. The molecule has 1 unspecified atom stereocenters. The molecule has 6 heteroatoms. The van der Waals surface area contributed by atoms with E-state index in [1.165, 1.54) is 0 Å². The van der Waals surface area contributed by atoms with E-state index < -0.39 is 17.5 Å². The Morgan fingerprint density at radius 1 is 1.47 bits per heavy atom. The molecule has 0 aromatic heterocycles. The summed E-state index contributed by atoms with van der Waals surface area (Å²) in [6, 6.07) is 1.21. The van der Waals surface area contributed by atoms with E-state index in [1.807, 2.05) is 0 Å². The van der Waals surface area contributed by atoms with Crippen molar-refractivity contribution in [1.82, 2.24) is 5.32 Å². The molecular formula is C11H14F2N2O2. The minimum absolute atomic E-state index is 0.0878. The first-order valence-electron chi connectivity index (χ1n) is 5.12. The van der Waals surface area contributed by atoms with Crippen molar-refractivity contribution in [2.45, 2.75) is 19.4 Å². The summed E-state index contributed by atoms with van der Waals surface area (Å²) >= 11 is 0. The van der Waals surface area contributed by atoms with Gasteiger partial charge >= 0.3 is 0 Å². The average Bonchev–Trinajstić information content (AvgIpc) is 2.23. The van der Waals surface area contributed by atoms with Gasteiger partial charge in [0.1, 0.15) is 11.6 Å². The Morgan fingerprint density at radius 3 is 2.71 bits per heavy atom. The van der Waals surface area contributed by atoms with Gasteiger partial charge in [-0.15, -0.1) is 0 Å². The number of nitrogens with one attached hydrogen (secondary N) is 1. The van der Waals surface area contributed by atoms with Gasteiger partial charge in [-0.1, -0.05) is 0 Å². The van der Waals surface area contributed by atoms with E-state index >= 15 is 0 Å². The second-order valence-electron chi connectivity index (χ2n) is 3.74. The lowest BCUT2D eigenvalue weighted by molar-refractivity contribution is 0.0930. The number of nitrogen functional groups attached to an aromatic ring is 1. The van der Waals surface area contributed by atoms with Crippen LogP contribution >= 0.6 is 0 Å². The number of carbonyl (C=O) groups excluding carboxylic acids is 1. The molecule has 0 saturated carbocycles. The molecule has 1 amide bonds. The molecule has 17 heavy (non-hydrogen) atoms. The lowest BCUT2D eigenvalue weighted by atomic mass is 10.1. The minimum atomic E-state index is -0.967. The van der Waals surface area contributed by atoms with E-state index in [0.29, 0.717) is 12.5 Å². The highest BCUT2D eigenvalue weighted by atomic mass is 19.1. The Hall–Kier alpha value is -1.69. The number of anilines is 1. The largest absolute Gasteiger partial charge is 0.396 e. The number of aliphatic hydroxyl groups excluding tert-OH is 1. The Balaban J connectivity index is 2.86. The van der Waals surface area contributed by atoms with E-state index in [2.05, 4.69) is 5.32 Å². The molecule has 1 rings (SSSR count). The number of aliphatic hydroxyl groups is 1. The predicted octanol–water partition coefficient (Wildman–Crippen LogP) is 1.05. The number of hydrogen-bond acceptors (Lipinski definition) is 3. The van der Waals surface area contributed by atoms with Crippen LogP contribution in [0, 0.1) is 11.6 Å². The Morgan fingerprint density at radius 2 is 2.12 bits per heavy atom. The van der Waals surface area contributed by atoms with E-state index in [0.717, 1.165) is 6.07 Å². The smallest absolute Gasteiger partial charge is 0.254 e. The fourth-order valence-corrected chi connectivity index (χ4v) is 1.31. The van der Waals surface area contributed by atoms with Gasteiger partial charge in [0, 0.05) is 18.7 Å². The third kappa shape index (κ3) is 3.39. The summed E-state index contributed by atoms with van der Waals surface area (Å²) < 4.78 is 26.2. The highest BCUT2D eigenvalue weighted by Gasteiger charge is 2.16. The average molecular weight is 244 g/mol. The van der Waals surface area contributed by atoms with Crippen molar-refractivity contribution in [3.63, 3.8) is 0 Å². The van der Waals surface area contributed by atoms with Crippen LogP contribution in [0.5, 0.6) is 0 Å². The number of benzene rings is 1.